The first-order valence-electron chi connectivity index (χ1n) is 7.19. The minimum absolute atomic E-state index is 0. The normalized spacial score (nSPS) is 16.8. The van der Waals surface area contributed by atoms with Crippen LogP contribution in [-0.4, -0.2) is 27.1 Å². The number of fused-ring (bicyclic) bond motifs is 2. The van der Waals surface area contributed by atoms with Crippen LogP contribution >= 0.6 is 12.4 Å². The first kappa shape index (κ1) is 14.7. The number of halogens is 1. The van der Waals surface area contributed by atoms with Gasteiger partial charge in [-0.1, -0.05) is 6.07 Å². The van der Waals surface area contributed by atoms with Crippen molar-refractivity contribution < 1.29 is 4.79 Å². The first-order valence-corrected chi connectivity index (χ1v) is 7.19. The van der Waals surface area contributed by atoms with Crippen molar-refractivity contribution in [2.75, 3.05) is 0 Å². The zero-order valence-electron chi connectivity index (χ0n) is 11.9. The number of hydrogen-bond acceptors (Lipinski definition) is 2. The number of aromatic nitrogens is 3. The molecule has 0 aliphatic heterocycles. The summed E-state index contributed by atoms with van der Waals surface area (Å²) in [7, 11) is 0. The van der Waals surface area contributed by atoms with E-state index in [9.17, 15) is 4.79 Å². The van der Waals surface area contributed by atoms with Gasteiger partial charge in [0.25, 0.3) is 5.91 Å². The van der Waals surface area contributed by atoms with Gasteiger partial charge in [-0.15, -0.1) is 12.4 Å². The molecule has 2 aromatic heterocycles. The van der Waals surface area contributed by atoms with Gasteiger partial charge in [0.05, 0.1) is 6.20 Å². The second-order valence-corrected chi connectivity index (χ2v) is 5.53. The molecule has 114 valence electrons. The van der Waals surface area contributed by atoms with Crippen LogP contribution in [0.4, 0.5) is 0 Å². The molecule has 3 N–H and O–H groups in total. The third-order valence-electron chi connectivity index (χ3n) is 4.19. The van der Waals surface area contributed by atoms with Gasteiger partial charge in [-0.05, 0) is 43.0 Å². The van der Waals surface area contributed by atoms with E-state index in [0.717, 1.165) is 35.7 Å². The summed E-state index contributed by atoms with van der Waals surface area (Å²) >= 11 is 0. The zero-order chi connectivity index (χ0) is 14.2. The molecule has 1 aliphatic carbocycles. The largest absolute Gasteiger partial charge is 0.361 e. The number of aryl methyl sites for hydroxylation is 1. The van der Waals surface area contributed by atoms with Crippen LogP contribution in [0.2, 0.25) is 0 Å². The molecule has 1 aromatic carbocycles. The summed E-state index contributed by atoms with van der Waals surface area (Å²) in [5.41, 5.74) is 4.13. The lowest BCUT2D eigenvalue weighted by Gasteiger charge is -2.23. The predicted molar refractivity (Wildman–Crippen MR) is 87.4 cm³/mol. The fourth-order valence-electron chi connectivity index (χ4n) is 3.09. The molecular weight excluding hydrogens is 300 g/mol. The predicted octanol–water partition coefficient (Wildman–Crippen LogP) is 2.60. The summed E-state index contributed by atoms with van der Waals surface area (Å²) in [5, 5.41) is 11.2. The summed E-state index contributed by atoms with van der Waals surface area (Å²) in [6.45, 7) is 0. The fraction of sp³-hybridized carbons (Fsp3) is 0.250. The van der Waals surface area contributed by atoms with Crippen molar-refractivity contribution in [3.8, 4) is 0 Å². The minimum Gasteiger partial charge on any atom is -0.361 e. The highest BCUT2D eigenvalue weighted by atomic mass is 35.5. The standard InChI is InChI=1S/C16H16N4O.ClH/c21-16(13-2-1-3-15-12(13)6-7-17-15)19-11-4-5-14-10(8-11)9-18-20-14;/h1-3,6-7,9,11,17H,4-5,8H2,(H,18,20)(H,19,21);1H. The van der Waals surface area contributed by atoms with Gasteiger partial charge in [0.1, 0.15) is 0 Å². The molecule has 0 fully saturated rings. The molecule has 6 heteroatoms. The van der Waals surface area contributed by atoms with Crippen LogP contribution in [0.15, 0.2) is 36.7 Å². The molecule has 1 amide bonds. The van der Waals surface area contributed by atoms with Crippen LogP contribution in [0.1, 0.15) is 28.0 Å². The van der Waals surface area contributed by atoms with Crippen molar-refractivity contribution in [1.82, 2.24) is 20.5 Å². The molecule has 0 saturated heterocycles. The quantitative estimate of drug-likeness (QED) is 0.680. The Kier molecular flexibility index (Phi) is 3.90. The van der Waals surface area contributed by atoms with Gasteiger partial charge in [-0.25, -0.2) is 0 Å². The van der Waals surface area contributed by atoms with Crippen molar-refractivity contribution in [3.05, 3.63) is 53.5 Å². The van der Waals surface area contributed by atoms with Crippen molar-refractivity contribution >= 4 is 29.2 Å². The maximum absolute atomic E-state index is 12.5. The Morgan fingerprint density at radius 2 is 2.23 bits per heavy atom. The number of benzene rings is 1. The van der Waals surface area contributed by atoms with Gasteiger partial charge in [0, 0.05) is 34.4 Å². The summed E-state index contributed by atoms with van der Waals surface area (Å²) in [4.78, 5) is 15.7. The molecule has 22 heavy (non-hydrogen) atoms. The van der Waals surface area contributed by atoms with Gasteiger partial charge in [-0.2, -0.15) is 5.10 Å². The van der Waals surface area contributed by atoms with Crippen LogP contribution in [0, 0.1) is 0 Å². The minimum atomic E-state index is -0.00264. The van der Waals surface area contributed by atoms with Crippen molar-refractivity contribution in [1.29, 1.82) is 0 Å². The van der Waals surface area contributed by atoms with E-state index >= 15 is 0 Å². The van der Waals surface area contributed by atoms with E-state index in [1.807, 2.05) is 36.7 Å². The number of H-pyrrole nitrogens is 2. The molecule has 1 aliphatic rings. The molecule has 0 saturated carbocycles. The molecular formula is C16H17ClN4O. The number of amides is 1. The molecule has 1 unspecified atom stereocenters. The second-order valence-electron chi connectivity index (χ2n) is 5.53. The lowest BCUT2D eigenvalue weighted by molar-refractivity contribution is 0.0935. The number of rotatable bonds is 2. The van der Waals surface area contributed by atoms with E-state index in [2.05, 4.69) is 20.5 Å². The topological polar surface area (TPSA) is 73.6 Å². The van der Waals surface area contributed by atoms with Gasteiger partial charge in [0.15, 0.2) is 0 Å². The summed E-state index contributed by atoms with van der Waals surface area (Å²) in [6, 6.07) is 7.88. The van der Waals surface area contributed by atoms with E-state index in [4.69, 9.17) is 0 Å². The zero-order valence-corrected chi connectivity index (χ0v) is 12.7. The van der Waals surface area contributed by atoms with Crippen LogP contribution in [0.3, 0.4) is 0 Å². The maximum Gasteiger partial charge on any atom is 0.252 e. The maximum atomic E-state index is 12.5. The summed E-state index contributed by atoms with van der Waals surface area (Å²) in [6.07, 6.45) is 6.46. The summed E-state index contributed by atoms with van der Waals surface area (Å²) < 4.78 is 0. The molecule has 0 bridgehead atoms. The number of nitrogens with zero attached hydrogens (tertiary/aromatic N) is 1. The number of carbonyl (C=O) groups excluding carboxylic acids is 1. The third-order valence-corrected chi connectivity index (χ3v) is 4.19. The number of aromatic amines is 2. The third kappa shape index (κ3) is 2.48. The van der Waals surface area contributed by atoms with Crippen LogP contribution in [0.25, 0.3) is 10.9 Å². The number of hydrogen-bond donors (Lipinski definition) is 3. The van der Waals surface area contributed by atoms with E-state index < -0.39 is 0 Å². The Labute approximate surface area is 133 Å². The van der Waals surface area contributed by atoms with Gasteiger partial charge >= 0.3 is 0 Å². The van der Waals surface area contributed by atoms with Crippen LogP contribution in [0.5, 0.6) is 0 Å². The molecule has 3 aromatic rings. The molecule has 1 atom stereocenters. The average molecular weight is 317 g/mol. The highest BCUT2D eigenvalue weighted by molar-refractivity contribution is 6.06. The van der Waals surface area contributed by atoms with E-state index in [1.54, 1.807) is 0 Å². The van der Waals surface area contributed by atoms with Crippen LogP contribution in [-0.2, 0) is 12.8 Å². The Morgan fingerprint density at radius 1 is 1.32 bits per heavy atom. The van der Waals surface area contributed by atoms with Crippen molar-refractivity contribution in [3.63, 3.8) is 0 Å². The van der Waals surface area contributed by atoms with Crippen LogP contribution < -0.4 is 5.32 Å². The molecule has 2 heterocycles. The summed E-state index contributed by atoms with van der Waals surface area (Å²) in [5.74, 6) is -0.00264. The van der Waals surface area contributed by atoms with Gasteiger partial charge in [-0.3, -0.25) is 9.89 Å². The average Bonchev–Trinajstić information content (AvgIpc) is 3.14. The second kappa shape index (κ2) is 5.85. The van der Waals surface area contributed by atoms with E-state index in [-0.39, 0.29) is 24.4 Å². The lowest BCUT2D eigenvalue weighted by Crippen LogP contribution is -2.38. The monoisotopic (exact) mass is 316 g/mol. The van der Waals surface area contributed by atoms with Gasteiger partial charge in [0.2, 0.25) is 0 Å². The van der Waals surface area contributed by atoms with E-state index in [1.165, 1.54) is 11.3 Å². The first-order chi connectivity index (χ1) is 10.3. The Morgan fingerprint density at radius 3 is 3.14 bits per heavy atom. The van der Waals surface area contributed by atoms with Gasteiger partial charge < -0.3 is 10.3 Å². The highest BCUT2D eigenvalue weighted by Crippen LogP contribution is 2.21. The Bertz CT molecular complexity index is 807. The SMILES string of the molecule is Cl.O=C(NC1CCc2[nH]ncc2C1)c1cccc2[nH]ccc12. The number of nitrogens with one attached hydrogen (secondary N) is 3. The van der Waals surface area contributed by atoms with Crippen molar-refractivity contribution in [2.45, 2.75) is 25.3 Å². The fourth-order valence-corrected chi connectivity index (χ4v) is 3.09. The smallest absolute Gasteiger partial charge is 0.252 e. The number of carbonyl (C=O) groups is 1. The Balaban J connectivity index is 0.00000144. The van der Waals surface area contributed by atoms with Crippen molar-refractivity contribution in [2.24, 2.45) is 0 Å². The lowest BCUT2D eigenvalue weighted by atomic mass is 9.93. The molecule has 4 rings (SSSR count). The highest BCUT2D eigenvalue weighted by Gasteiger charge is 2.22. The molecule has 0 radical (unpaired) electrons. The molecule has 5 nitrogen and oxygen atoms in total. The van der Waals surface area contributed by atoms with E-state index in [0.29, 0.717) is 0 Å². The Hall–Kier alpha value is -2.27. The molecule has 0 spiro atoms.